The molecule has 2 rings (SSSR count). The predicted octanol–water partition coefficient (Wildman–Crippen LogP) is 3.21. The zero-order chi connectivity index (χ0) is 19.0. The van der Waals surface area contributed by atoms with E-state index in [-0.39, 0.29) is 17.2 Å². The molecule has 26 heavy (non-hydrogen) atoms. The third-order valence-corrected chi connectivity index (χ3v) is 5.24. The summed E-state index contributed by atoms with van der Waals surface area (Å²) in [7, 11) is -3.53. The fourth-order valence-corrected chi connectivity index (χ4v) is 3.67. The summed E-state index contributed by atoms with van der Waals surface area (Å²) in [4.78, 5) is 12.1. The maximum atomic E-state index is 13.3. The molecular weight excluding hydrogens is 357 g/mol. The largest absolute Gasteiger partial charge is 0.492 e. The third kappa shape index (κ3) is 6.48. The van der Waals surface area contributed by atoms with E-state index in [4.69, 9.17) is 4.74 Å². The number of aryl methyl sites for hydroxylation is 1. The maximum absolute atomic E-state index is 13.3. The lowest BCUT2D eigenvalue weighted by Gasteiger charge is -2.12. The molecule has 0 spiro atoms. The van der Waals surface area contributed by atoms with Gasteiger partial charge in [-0.05, 0) is 37.5 Å². The van der Waals surface area contributed by atoms with Crippen molar-refractivity contribution in [1.29, 1.82) is 0 Å². The van der Waals surface area contributed by atoms with Crippen LogP contribution in [0.5, 0.6) is 5.75 Å². The second-order valence-corrected chi connectivity index (χ2v) is 7.99. The highest BCUT2D eigenvalue weighted by molar-refractivity contribution is 7.92. The zero-order valence-corrected chi connectivity index (χ0v) is 15.4. The van der Waals surface area contributed by atoms with E-state index in [2.05, 4.69) is 5.32 Å². The van der Waals surface area contributed by atoms with Gasteiger partial charge < -0.3 is 10.1 Å². The van der Waals surface area contributed by atoms with Crippen molar-refractivity contribution in [3.63, 3.8) is 0 Å². The molecule has 0 aliphatic carbocycles. The number of amides is 1. The molecular formula is C19H22FNO4S. The first-order valence-electron chi connectivity index (χ1n) is 8.36. The van der Waals surface area contributed by atoms with Crippen LogP contribution in [0.1, 0.15) is 18.9 Å². The van der Waals surface area contributed by atoms with Crippen molar-refractivity contribution >= 4 is 21.4 Å². The second kappa shape index (κ2) is 9.33. The van der Waals surface area contributed by atoms with Gasteiger partial charge in [0.05, 0.1) is 18.0 Å². The van der Waals surface area contributed by atoms with Gasteiger partial charge in [0.25, 0.3) is 0 Å². The topological polar surface area (TPSA) is 72.5 Å². The molecule has 140 valence electrons. The smallest absolute Gasteiger partial charge is 0.239 e. The van der Waals surface area contributed by atoms with Crippen LogP contribution in [0.2, 0.25) is 0 Å². The van der Waals surface area contributed by atoms with E-state index < -0.39 is 27.3 Å². The number of hydrogen-bond donors (Lipinski definition) is 1. The highest BCUT2D eigenvalue weighted by atomic mass is 32.2. The minimum absolute atomic E-state index is 0.0724. The summed E-state index contributed by atoms with van der Waals surface area (Å²) in [5.74, 6) is -1.69. The van der Waals surface area contributed by atoms with E-state index in [0.29, 0.717) is 19.4 Å². The standard InChI is InChI=1S/C19H22FNO4S/c1-2-25-18-13-16(20)10-11-17(18)21-19(22)14-26(23,24)12-6-9-15-7-4-3-5-8-15/h3-5,7-8,10-11,13H,2,6,9,12,14H2,1H3,(H,21,22). The zero-order valence-electron chi connectivity index (χ0n) is 14.6. The lowest BCUT2D eigenvalue weighted by atomic mass is 10.1. The van der Waals surface area contributed by atoms with Crippen LogP contribution in [0, 0.1) is 5.82 Å². The molecule has 0 aliphatic heterocycles. The third-order valence-electron chi connectivity index (χ3n) is 3.63. The van der Waals surface area contributed by atoms with Crippen molar-refractivity contribution < 1.29 is 22.3 Å². The van der Waals surface area contributed by atoms with Crippen LogP contribution in [0.25, 0.3) is 0 Å². The Hall–Kier alpha value is -2.41. The van der Waals surface area contributed by atoms with Gasteiger partial charge in [0, 0.05) is 6.07 Å². The van der Waals surface area contributed by atoms with Crippen LogP contribution in [0.15, 0.2) is 48.5 Å². The van der Waals surface area contributed by atoms with Gasteiger partial charge in [-0.1, -0.05) is 30.3 Å². The Balaban J connectivity index is 1.90. The SMILES string of the molecule is CCOc1cc(F)ccc1NC(=O)CS(=O)(=O)CCCc1ccccc1. The summed E-state index contributed by atoms with van der Waals surface area (Å²) >= 11 is 0. The van der Waals surface area contributed by atoms with Crippen LogP contribution in [-0.2, 0) is 21.1 Å². The normalized spacial score (nSPS) is 11.2. The summed E-state index contributed by atoms with van der Waals surface area (Å²) < 4.78 is 42.8. The average Bonchev–Trinajstić information content (AvgIpc) is 2.58. The van der Waals surface area contributed by atoms with Gasteiger partial charge in [0.15, 0.2) is 9.84 Å². The number of carbonyl (C=O) groups is 1. The number of halogens is 1. The first-order valence-corrected chi connectivity index (χ1v) is 10.2. The fourth-order valence-electron chi connectivity index (χ4n) is 2.47. The quantitative estimate of drug-likeness (QED) is 0.726. The minimum atomic E-state index is -3.53. The number of carbonyl (C=O) groups excluding carboxylic acids is 1. The summed E-state index contributed by atoms with van der Waals surface area (Å²) in [6.07, 6.45) is 1.08. The van der Waals surface area contributed by atoms with E-state index in [1.807, 2.05) is 30.3 Å². The number of anilines is 1. The molecule has 0 bridgehead atoms. The van der Waals surface area contributed by atoms with E-state index >= 15 is 0 Å². The van der Waals surface area contributed by atoms with Crippen LogP contribution >= 0.6 is 0 Å². The van der Waals surface area contributed by atoms with Gasteiger partial charge >= 0.3 is 0 Å². The number of ether oxygens (including phenoxy) is 1. The molecule has 0 radical (unpaired) electrons. The molecule has 0 aromatic heterocycles. The first kappa shape index (κ1) is 19.9. The van der Waals surface area contributed by atoms with E-state index in [1.165, 1.54) is 12.1 Å². The van der Waals surface area contributed by atoms with Gasteiger partial charge in [-0.15, -0.1) is 0 Å². The second-order valence-electron chi connectivity index (χ2n) is 5.80. The maximum Gasteiger partial charge on any atom is 0.239 e. The van der Waals surface area contributed by atoms with Gasteiger partial charge in [-0.2, -0.15) is 0 Å². The van der Waals surface area contributed by atoms with Crippen LogP contribution in [-0.4, -0.2) is 32.4 Å². The van der Waals surface area contributed by atoms with E-state index in [1.54, 1.807) is 6.92 Å². The molecule has 0 unspecified atom stereocenters. The van der Waals surface area contributed by atoms with Crippen LogP contribution < -0.4 is 10.1 Å². The summed E-state index contributed by atoms with van der Waals surface area (Å²) in [6.45, 7) is 2.03. The molecule has 1 N–H and O–H groups in total. The number of hydrogen-bond acceptors (Lipinski definition) is 4. The molecule has 7 heteroatoms. The molecule has 0 saturated heterocycles. The van der Waals surface area contributed by atoms with E-state index in [0.717, 1.165) is 11.6 Å². The Morgan fingerprint density at radius 3 is 2.58 bits per heavy atom. The van der Waals surface area contributed by atoms with Gasteiger partial charge in [0.1, 0.15) is 17.3 Å². The van der Waals surface area contributed by atoms with Gasteiger partial charge in [0.2, 0.25) is 5.91 Å². The molecule has 2 aromatic carbocycles. The van der Waals surface area contributed by atoms with Gasteiger partial charge in [-0.3, -0.25) is 4.79 Å². The Morgan fingerprint density at radius 2 is 1.88 bits per heavy atom. The van der Waals surface area contributed by atoms with Crippen molar-refractivity contribution in [1.82, 2.24) is 0 Å². The van der Waals surface area contributed by atoms with Gasteiger partial charge in [-0.25, -0.2) is 12.8 Å². The average molecular weight is 379 g/mol. The molecule has 0 atom stereocenters. The van der Waals surface area contributed by atoms with Crippen molar-refractivity contribution in [2.45, 2.75) is 19.8 Å². The number of rotatable bonds is 9. The van der Waals surface area contributed by atoms with Crippen molar-refractivity contribution in [2.24, 2.45) is 0 Å². The lowest BCUT2D eigenvalue weighted by molar-refractivity contribution is -0.113. The first-order chi connectivity index (χ1) is 12.4. The highest BCUT2D eigenvalue weighted by Gasteiger charge is 2.18. The fraction of sp³-hybridized carbons (Fsp3) is 0.316. The molecule has 0 aliphatic rings. The summed E-state index contributed by atoms with van der Waals surface area (Å²) in [5.41, 5.74) is 1.30. The monoisotopic (exact) mass is 379 g/mol. The number of nitrogens with one attached hydrogen (secondary N) is 1. The molecule has 5 nitrogen and oxygen atoms in total. The van der Waals surface area contributed by atoms with Crippen molar-refractivity contribution in [2.75, 3.05) is 23.4 Å². The van der Waals surface area contributed by atoms with Crippen LogP contribution in [0.3, 0.4) is 0 Å². The Kier molecular flexibility index (Phi) is 7.15. The lowest BCUT2D eigenvalue weighted by Crippen LogP contribution is -2.25. The van der Waals surface area contributed by atoms with Crippen molar-refractivity contribution in [3.8, 4) is 5.75 Å². The van der Waals surface area contributed by atoms with Crippen LogP contribution in [0.4, 0.5) is 10.1 Å². The summed E-state index contributed by atoms with van der Waals surface area (Å²) in [5, 5.41) is 2.48. The molecule has 0 fully saturated rings. The summed E-state index contributed by atoms with van der Waals surface area (Å²) in [6, 6.07) is 13.2. The Bertz CT molecular complexity index is 838. The van der Waals surface area contributed by atoms with E-state index in [9.17, 15) is 17.6 Å². The number of sulfone groups is 1. The molecule has 2 aromatic rings. The Morgan fingerprint density at radius 1 is 1.15 bits per heavy atom. The molecule has 0 saturated carbocycles. The van der Waals surface area contributed by atoms with Crippen molar-refractivity contribution in [3.05, 3.63) is 59.9 Å². The Labute approximate surface area is 153 Å². The number of benzene rings is 2. The molecule has 0 heterocycles. The molecule has 1 amide bonds. The predicted molar refractivity (Wildman–Crippen MR) is 99.6 cm³/mol. The minimum Gasteiger partial charge on any atom is -0.492 e. The highest BCUT2D eigenvalue weighted by Crippen LogP contribution is 2.25.